The number of carbonyl (C=O) groups excluding carboxylic acids is 1. The van der Waals surface area contributed by atoms with E-state index in [2.05, 4.69) is 4.98 Å². The minimum Gasteiger partial charge on any atom is -0.469 e. The number of benzene rings is 1. The van der Waals surface area contributed by atoms with Crippen molar-refractivity contribution in [1.29, 1.82) is 5.26 Å². The molecule has 1 atom stereocenters. The summed E-state index contributed by atoms with van der Waals surface area (Å²) in [7, 11) is 1.33. The van der Waals surface area contributed by atoms with E-state index in [0.29, 0.717) is 5.56 Å². The van der Waals surface area contributed by atoms with Crippen molar-refractivity contribution in [2.45, 2.75) is 12.8 Å². The van der Waals surface area contributed by atoms with Gasteiger partial charge in [0.25, 0.3) is 0 Å². The van der Waals surface area contributed by atoms with Gasteiger partial charge in [-0.05, 0) is 19.1 Å². The number of fused-ring (bicyclic) bond motifs is 1. The average Bonchev–Trinajstić information content (AvgIpc) is 2.44. The number of carbonyl (C=O) groups is 1. The van der Waals surface area contributed by atoms with E-state index in [-0.39, 0.29) is 11.7 Å². The van der Waals surface area contributed by atoms with Crippen LogP contribution < -0.4 is 0 Å². The van der Waals surface area contributed by atoms with Crippen LogP contribution in [0, 0.1) is 11.3 Å². The first kappa shape index (κ1) is 12.1. The molecule has 4 nitrogen and oxygen atoms in total. The van der Waals surface area contributed by atoms with Crippen LogP contribution in [0.2, 0.25) is 0 Å². The zero-order valence-corrected chi connectivity index (χ0v) is 10.2. The summed E-state index contributed by atoms with van der Waals surface area (Å²) in [5, 5.41) is 10.0. The number of para-hydroxylation sites is 1. The van der Waals surface area contributed by atoms with Gasteiger partial charge in [-0.2, -0.15) is 5.26 Å². The highest BCUT2D eigenvalue weighted by Crippen LogP contribution is 2.24. The molecule has 1 aromatic carbocycles. The molecule has 18 heavy (non-hydrogen) atoms. The second-order valence-electron chi connectivity index (χ2n) is 3.98. The van der Waals surface area contributed by atoms with Gasteiger partial charge in [-0.3, -0.25) is 4.79 Å². The molecule has 0 bridgehead atoms. The van der Waals surface area contributed by atoms with E-state index < -0.39 is 5.92 Å². The third kappa shape index (κ3) is 2.03. The molecule has 0 spiro atoms. The lowest BCUT2D eigenvalue weighted by Crippen LogP contribution is -2.13. The standard InChI is InChI=1S/C14H12N2O2/c1-9(14(17)18-2)11-7-10-5-3-4-6-12(10)16-13(11)8-15/h3-7,9H,1-2H3. The minimum absolute atomic E-state index is 0.270. The number of nitriles is 1. The summed E-state index contributed by atoms with van der Waals surface area (Å²) in [6.45, 7) is 1.71. The van der Waals surface area contributed by atoms with E-state index in [9.17, 15) is 4.79 Å². The molecular weight excluding hydrogens is 228 g/mol. The van der Waals surface area contributed by atoms with Crippen molar-refractivity contribution in [3.63, 3.8) is 0 Å². The number of nitrogens with zero attached hydrogens (tertiary/aromatic N) is 2. The number of pyridine rings is 1. The van der Waals surface area contributed by atoms with Crippen LogP contribution in [0.5, 0.6) is 0 Å². The summed E-state index contributed by atoms with van der Waals surface area (Å²) in [5.41, 5.74) is 1.62. The van der Waals surface area contributed by atoms with Gasteiger partial charge in [0, 0.05) is 10.9 Å². The van der Waals surface area contributed by atoms with Crippen molar-refractivity contribution in [2.24, 2.45) is 0 Å². The van der Waals surface area contributed by atoms with Crippen molar-refractivity contribution in [3.8, 4) is 6.07 Å². The quantitative estimate of drug-likeness (QED) is 0.756. The van der Waals surface area contributed by atoms with E-state index >= 15 is 0 Å². The Morgan fingerprint density at radius 1 is 1.44 bits per heavy atom. The van der Waals surface area contributed by atoms with Crippen LogP contribution in [0.4, 0.5) is 0 Å². The highest BCUT2D eigenvalue weighted by atomic mass is 16.5. The molecule has 4 heteroatoms. The zero-order chi connectivity index (χ0) is 13.1. The van der Waals surface area contributed by atoms with Gasteiger partial charge in [0.15, 0.2) is 0 Å². The molecule has 0 radical (unpaired) electrons. The molecule has 0 amide bonds. The fourth-order valence-corrected chi connectivity index (χ4v) is 1.86. The summed E-state index contributed by atoms with van der Waals surface area (Å²) >= 11 is 0. The lowest BCUT2D eigenvalue weighted by atomic mass is 9.98. The van der Waals surface area contributed by atoms with Gasteiger partial charge in [0.05, 0.1) is 18.5 Å². The summed E-state index contributed by atoms with van der Waals surface area (Å²) in [4.78, 5) is 15.8. The Bertz CT molecular complexity index is 644. The van der Waals surface area contributed by atoms with Crippen LogP contribution in [0.3, 0.4) is 0 Å². The third-order valence-electron chi connectivity index (χ3n) is 2.88. The van der Waals surface area contributed by atoms with Gasteiger partial charge in [0.1, 0.15) is 11.8 Å². The predicted octanol–water partition coefficient (Wildman–Crippen LogP) is 2.38. The van der Waals surface area contributed by atoms with Crippen molar-refractivity contribution >= 4 is 16.9 Å². The van der Waals surface area contributed by atoms with Gasteiger partial charge >= 0.3 is 5.97 Å². The Hall–Kier alpha value is -2.41. The van der Waals surface area contributed by atoms with Gasteiger partial charge in [-0.25, -0.2) is 4.98 Å². The molecule has 0 aliphatic rings. The Kier molecular flexibility index (Phi) is 3.24. The number of methoxy groups -OCH3 is 1. The highest BCUT2D eigenvalue weighted by molar-refractivity contribution is 5.84. The second-order valence-corrected chi connectivity index (χ2v) is 3.98. The normalized spacial score (nSPS) is 11.8. The monoisotopic (exact) mass is 240 g/mol. The first-order chi connectivity index (χ1) is 8.67. The van der Waals surface area contributed by atoms with Crippen LogP contribution in [-0.2, 0) is 9.53 Å². The van der Waals surface area contributed by atoms with Gasteiger partial charge in [-0.1, -0.05) is 18.2 Å². The topological polar surface area (TPSA) is 63.0 Å². The van der Waals surface area contributed by atoms with E-state index in [0.717, 1.165) is 10.9 Å². The van der Waals surface area contributed by atoms with Crippen LogP contribution >= 0.6 is 0 Å². The number of ether oxygens (including phenoxy) is 1. The van der Waals surface area contributed by atoms with Crippen LogP contribution in [0.15, 0.2) is 30.3 Å². The molecule has 0 saturated heterocycles. The first-order valence-electron chi connectivity index (χ1n) is 5.55. The number of esters is 1. The fraction of sp³-hybridized carbons (Fsp3) is 0.214. The number of rotatable bonds is 2. The number of hydrogen-bond acceptors (Lipinski definition) is 4. The van der Waals surface area contributed by atoms with Crippen molar-refractivity contribution in [3.05, 3.63) is 41.6 Å². The van der Waals surface area contributed by atoms with Crippen molar-refractivity contribution < 1.29 is 9.53 Å². The molecule has 0 N–H and O–H groups in total. The Morgan fingerprint density at radius 2 is 2.17 bits per heavy atom. The molecule has 0 aliphatic heterocycles. The smallest absolute Gasteiger partial charge is 0.312 e. The second kappa shape index (κ2) is 4.84. The van der Waals surface area contributed by atoms with Crippen LogP contribution in [0.25, 0.3) is 10.9 Å². The number of aromatic nitrogens is 1. The minimum atomic E-state index is -0.498. The zero-order valence-electron chi connectivity index (χ0n) is 10.2. The molecule has 90 valence electrons. The van der Waals surface area contributed by atoms with Gasteiger partial charge in [-0.15, -0.1) is 0 Å². The van der Waals surface area contributed by atoms with E-state index in [1.54, 1.807) is 6.92 Å². The van der Waals surface area contributed by atoms with E-state index in [4.69, 9.17) is 10.00 Å². The van der Waals surface area contributed by atoms with Crippen LogP contribution in [0.1, 0.15) is 24.1 Å². The maximum atomic E-state index is 11.6. The Morgan fingerprint density at radius 3 is 2.83 bits per heavy atom. The lowest BCUT2D eigenvalue weighted by Gasteiger charge is -2.11. The maximum Gasteiger partial charge on any atom is 0.312 e. The van der Waals surface area contributed by atoms with E-state index in [1.165, 1.54) is 7.11 Å². The Labute approximate surface area is 105 Å². The molecule has 1 unspecified atom stereocenters. The van der Waals surface area contributed by atoms with Crippen molar-refractivity contribution in [2.75, 3.05) is 7.11 Å². The SMILES string of the molecule is COC(=O)C(C)c1cc2ccccc2nc1C#N. The summed E-state index contributed by atoms with van der Waals surface area (Å²) in [5.74, 6) is -0.870. The summed E-state index contributed by atoms with van der Waals surface area (Å²) < 4.78 is 4.70. The molecule has 2 aromatic rings. The molecular formula is C14H12N2O2. The molecule has 0 saturated carbocycles. The van der Waals surface area contributed by atoms with Crippen molar-refractivity contribution in [1.82, 2.24) is 4.98 Å². The number of hydrogen-bond donors (Lipinski definition) is 0. The van der Waals surface area contributed by atoms with E-state index in [1.807, 2.05) is 36.4 Å². The van der Waals surface area contributed by atoms with Gasteiger partial charge < -0.3 is 4.74 Å². The largest absolute Gasteiger partial charge is 0.469 e. The fourth-order valence-electron chi connectivity index (χ4n) is 1.86. The molecule has 2 rings (SSSR count). The highest BCUT2D eigenvalue weighted by Gasteiger charge is 2.20. The first-order valence-corrected chi connectivity index (χ1v) is 5.55. The molecule has 0 fully saturated rings. The lowest BCUT2D eigenvalue weighted by molar-refractivity contribution is -0.142. The van der Waals surface area contributed by atoms with Gasteiger partial charge in [0.2, 0.25) is 0 Å². The predicted molar refractivity (Wildman–Crippen MR) is 66.9 cm³/mol. The maximum absolute atomic E-state index is 11.6. The molecule has 1 heterocycles. The Balaban J connectivity index is 2.62. The van der Waals surface area contributed by atoms with Crippen LogP contribution in [-0.4, -0.2) is 18.1 Å². The summed E-state index contributed by atoms with van der Waals surface area (Å²) in [6.07, 6.45) is 0. The average molecular weight is 240 g/mol. The molecule has 0 aliphatic carbocycles. The third-order valence-corrected chi connectivity index (χ3v) is 2.88. The summed E-state index contributed by atoms with van der Waals surface area (Å²) in [6, 6.07) is 11.3. The molecule has 1 aromatic heterocycles.